The monoisotopic (exact) mass is 566 g/mol. The van der Waals surface area contributed by atoms with E-state index in [0.717, 1.165) is 37.2 Å². The highest BCUT2D eigenvalue weighted by Crippen LogP contribution is 2.31. The second-order valence-electron chi connectivity index (χ2n) is 9.42. The number of anilines is 2. The van der Waals surface area contributed by atoms with Gasteiger partial charge in [0.15, 0.2) is 23.0 Å². The molecule has 1 aliphatic rings. The van der Waals surface area contributed by atoms with Crippen LogP contribution in [0.3, 0.4) is 0 Å². The van der Waals surface area contributed by atoms with Crippen molar-refractivity contribution >= 4 is 29.5 Å². The van der Waals surface area contributed by atoms with Crippen LogP contribution in [0.25, 0.3) is 16.9 Å². The summed E-state index contributed by atoms with van der Waals surface area (Å²) in [6.45, 7) is 4.42. The third-order valence-corrected chi connectivity index (χ3v) is 6.97. The van der Waals surface area contributed by atoms with Crippen LogP contribution in [-0.4, -0.2) is 58.6 Å². The summed E-state index contributed by atoms with van der Waals surface area (Å²) in [5.74, 6) is -1.37. The highest BCUT2D eigenvalue weighted by molar-refractivity contribution is 5.96. The minimum Gasteiger partial charge on any atom is -0.494 e. The zero-order valence-electron chi connectivity index (χ0n) is 22.8. The number of carboxylic acid groups (broad SMARTS) is 1. The second kappa shape index (κ2) is 13.7. The van der Waals surface area contributed by atoms with Gasteiger partial charge in [-0.2, -0.15) is 4.39 Å². The molecular weight excluding hydrogens is 534 g/mol. The lowest BCUT2D eigenvalue weighted by atomic mass is 9.97. The number of halogens is 2. The average molecular weight is 567 g/mol. The van der Waals surface area contributed by atoms with E-state index in [1.165, 1.54) is 25.4 Å². The molecule has 1 aliphatic heterocycles. The van der Waals surface area contributed by atoms with Gasteiger partial charge in [0, 0.05) is 35.8 Å². The number of aromatic nitrogens is 3. The molecule has 1 amide bonds. The van der Waals surface area contributed by atoms with E-state index >= 15 is 0 Å². The third kappa shape index (κ3) is 6.60. The fourth-order valence-corrected chi connectivity index (χ4v) is 4.83. The van der Waals surface area contributed by atoms with Crippen LogP contribution in [0.15, 0.2) is 48.9 Å². The van der Waals surface area contributed by atoms with Gasteiger partial charge >= 0.3 is 0 Å². The number of hydrogen-bond donors (Lipinski definition) is 4. The molecule has 5 rings (SSSR count). The number of rotatable bonds is 8. The average Bonchev–Trinajstić information content (AvgIpc) is 3.43. The first-order valence-corrected chi connectivity index (χ1v) is 13.2. The number of benzene rings is 2. The molecule has 4 N–H and O–H groups in total. The van der Waals surface area contributed by atoms with Crippen molar-refractivity contribution < 1.29 is 28.2 Å². The smallest absolute Gasteiger partial charge is 0.290 e. The van der Waals surface area contributed by atoms with Crippen molar-refractivity contribution in [3.05, 3.63) is 71.7 Å². The number of aryl methyl sites for hydroxylation is 1. The van der Waals surface area contributed by atoms with Crippen molar-refractivity contribution in [1.29, 1.82) is 0 Å². The maximum Gasteiger partial charge on any atom is 0.290 e. The number of methoxy groups -OCH3 is 1. The number of nitrogens with one attached hydrogen (secondary N) is 3. The highest BCUT2D eigenvalue weighted by Gasteiger charge is 2.20. The molecule has 12 heteroatoms. The van der Waals surface area contributed by atoms with Crippen molar-refractivity contribution in [2.24, 2.45) is 5.92 Å². The molecule has 0 atom stereocenters. The van der Waals surface area contributed by atoms with E-state index in [1.807, 2.05) is 25.1 Å². The Labute approximate surface area is 235 Å². The number of ether oxygens (including phenoxy) is 1. The van der Waals surface area contributed by atoms with E-state index in [2.05, 4.69) is 25.9 Å². The summed E-state index contributed by atoms with van der Waals surface area (Å²) in [5.41, 5.74) is 3.17. The molecule has 10 nitrogen and oxygen atoms in total. The maximum atomic E-state index is 14.8. The summed E-state index contributed by atoms with van der Waals surface area (Å²) in [6.07, 6.45) is 7.48. The van der Waals surface area contributed by atoms with E-state index in [1.54, 1.807) is 16.8 Å². The molecular formula is C29H32F2N6O4. The second-order valence-corrected chi connectivity index (χ2v) is 9.42. The molecule has 3 heterocycles. The van der Waals surface area contributed by atoms with Crippen LogP contribution in [0.1, 0.15) is 35.7 Å². The van der Waals surface area contributed by atoms with Crippen molar-refractivity contribution in [2.75, 3.05) is 32.1 Å². The summed E-state index contributed by atoms with van der Waals surface area (Å²) in [6, 6.07) is 8.39. The molecule has 41 heavy (non-hydrogen) atoms. The van der Waals surface area contributed by atoms with Gasteiger partial charge < -0.3 is 25.8 Å². The van der Waals surface area contributed by atoms with Crippen LogP contribution in [0, 0.1) is 17.6 Å². The van der Waals surface area contributed by atoms with E-state index < -0.39 is 11.6 Å². The topological polar surface area (TPSA) is 130 Å². The molecule has 1 saturated heterocycles. The van der Waals surface area contributed by atoms with E-state index in [-0.39, 0.29) is 23.7 Å². The standard InChI is InChI=1S/C28H30F2N6O2.CH2O2/c1-3-18-14-19(4-5-20(18)28(37)34-15-17-8-10-31-11-9-17)35-26-27-33-16-22(36(27)13-12-32-26)21-6-7-23(38-2)25(30)24(21)29;2-1-3/h4-7,12-14,16-17,31H,3,8-11,15H2,1-2H3,(H,32,35)(H,34,37);1H,(H,2,3). The minimum absolute atomic E-state index is 0.0566. The molecule has 0 bridgehead atoms. The number of carbonyl (C=O) groups excluding carboxylic acids is 1. The van der Waals surface area contributed by atoms with Crippen LogP contribution in [0.2, 0.25) is 0 Å². The Morgan fingerprint density at radius 2 is 1.95 bits per heavy atom. The number of imidazole rings is 1. The van der Waals surface area contributed by atoms with E-state index in [0.29, 0.717) is 41.6 Å². The number of carbonyl (C=O) groups is 2. The molecule has 2 aromatic heterocycles. The number of amides is 1. The molecule has 1 fully saturated rings. The number of nitrogens with zero attached hydrogens (tertiary/aromatic N) is 3. The van der Waals surface area contributed by atoms with Crippen molar-refractivity contribution in [3.63, 3.8) is 0 Å². The lowest BCUT2D eigenvalue weighted by molar-refractivity contribution is -0.122. The molecule has 2 aromatic carbocycles. The zero-order chi connectivity index (χ0) is 29.4. The Morgan fingerprint density at radius 3 is 2.66 bits per heavy atom. The Bertz CT molecular complexity index is 1520. The molecule has 0 unspecified atom stereocenters. The van der Waals surface area contributed by atoms with Crippen LogP contribution in [-0.2, 0) is 11.2 Å². The largest absolute Gasteiger partial charge is 0.494 e. The number of piperidine rings is 1. The lowest BCUT2D eigenvalue weighted by Crippen LogP contribution is -2.36. The van der Waals surface area contributed by atoms with Gasteiger partial charge in [-0.25, -0.2) is 14.4 Å². The summed E-state index contributed by atoms with van der Waals surface area (Å²) in [4.78, 5) is 30.1. The molecule has 0 saturated carbocycles. The van der Waals surface area contributed by atoms with Gasteiger partial charge in [0.1, 0.15) is 0 Å². The molecule has 0 aliphatic carbocycles. The van der Waals surface area contributed by atoms with Gasteiger partial charge in [0.2, 0.25) is 5.82 Å². The predicted octanol–water partition coefficient (Wildman–Crippen LogP) is 4.42. The van der Waals surface area contributed by atoms with E-state index in [9.17, 15) is 13.6 Å². The highest BCUT2D eigenvalue weighted by atomic mass is 19.2. The van der Waals surface area contributed by atoms with Crippen LogP contribution >= 0.6 is 0 Å². The Hall–Kier alpha value is -4.58. The van der Waals surface area contributed by atoms with Crippen molar-refractivity contribution in [2.45, 2.75) is 26.2 Å². The minimum atomic E-state index is -1.06. The van der Waals surface area contributed by atoms with Gasteiger partial charge in [-0.3, -0.25) is 14.0 Å². The van der Waals surface area contributed by atoms with Crippen molar-refractivity contribution in [1.82, 2.24) is 25.0 Å². The van der Waals surface area contributed by atoms with Crippen molar-refractivity contribution in [3.8, 4) is 17.0 Å². The third-order valence-electron chi connectivity index (χ3n) is 6.97. The Balaban J connectivity index is 0.00000124. The molecule has 216 valence electrons. The Kier molecular flexibility index (Phi) is 9.80. The van der Waals surface area contributed by atoms with Gasteiger partial charge in [-0.1, -0.05) is 6.92 Å². The van der Waals surface area contributed by atoms with Crippen LogP contribution < -0.4 is 20.7 Å². The first kappa shape index (κ1) is 29.4. The summed E-state index contributed by atoms with van der Waals surface area (Å²) in [7, 11) is 1.29. The summed E-state index contributed by atoms with van der Waals surface area (Å²) >= 11 is 0. The lowest BCUT2D eigenvalue weighted by Gasteiger charge is -2.23. The first-order valence-electron chi connectivity index (χ1n) is 13.2. The maximum absolute atomic E-state index is 14.8. The van der Waals surface area contributed by atoms with E-state index in [4.69, 9.17) is 14.6 Å². The summed E-state index contributed by atoms with van der Waals surface area (Å²) in [5, 5.41) is 16.6. The van der Waals surface area contributed by atoms with Gasteiger partial charge in [0.25, 0.3) is 12.4 Å². The van der Waals surface area contributed by atoms with Crippen LogP contribution in [0.5, 0.6) is 5.75 Å². The molecule has 0 spiro atoms. The molecule has 0 radical (unpaired) electrons. The SMILES string of the molecule is CCc1cc(Nc2nccn3c(-c4ccc(OC)c(F)c4F)cnc23)ccc1C(=O)NCC1CCNCC1.O=CO. The number of hydrogen-bond acceptors (Lipinski definition) is 7. The summed E-state index contributed by atoms with van der Waals surface area (Å²) < 4.78 is 35.6. The fraction of sp³-hybridized carbons (Fsp3) is 0.310. The molecule has 4 aromatic rings. The van der Waals surface area contributed by atoms with Gasteiger partial charge in [-0.05, 0) is 74.2 Å². The first-order chi connectivity index (χ1) is 19.9. The normalized spacial score (nSPS) is 13.3. The van der Waals surface area contributed by atoms with Gasteiger partial charge in [0.05, 0.1) is 19.0 Å². The fourth-order valence-electron chi connectivity index (χ4n) is 4.83. The van der Waals surface area contributed by atoms with Crippen LogP contribution in [0.4, 0.5) is 20.3 Å². The zero-order valence-corrected chi connectivity index (χ0v) is 22.8. The predicted molar refractivity (Wildman–Crippen MR) is 151 cm³/mol. The van der Waals surface area contributed by atoms with Gasteiger partial charge in [-0.15, -0.1) is 0 Å². The quantitative estimate of drug-likeness (QED) is 0.231. The number of fused-ring (bicyclic) bond motifs is 1. The Morgan fingerprint density at radius 1 is 1.20 bits per heavy atom.